The Morgan fingerprint density at radius 2 is 1.87 bits per heavy atom. The summed E-state index contributed by atoms with van der Waals surface area (Å²) in [6.45, 7) is 2.04. The fraction of sp³-hybridized carbons (Fsp3) is 0.500. The molecule has 5 rings (SSSR count). The number of hydrogen-bond donors (Lipinski definition) is 0. The number of carbonyl (C=O) groups excluding carboxylic acids is 2. The molecular weight excluding hydrogens is 390 g/mol. The Morgan fingerprint density at radius 3 is 2.65 bits per heavy atom. The zero-order valence-electron chi connectivity index (χ0n) is 18.1. The van der Waals surface area contributed by atoms with E-state index in [4.69, 9.17) is 4.99 Å². The van der Waals surface area contributed by atoms with Gasteiger partial charge in [0, 0.05) is 20.0 Å². The maximum atomic E-state index is 13.4. The van der Waals surface area contributed by atoms with Crippen molar-refractivity contribution in [3.63, 3.8) is 0 Å². The van der Waals surface area contributed by atoms with Gasteiger partial charge < -0.3 is 0 Å². The number of nitrogens with zero attached hydrogens (tertiary/aromatic N) is 5. The van der Waals surface area contributed by atoms with Gasteiger partial charge in [-0.05, 0) is 18.4 Å². The lowest BCUT2D eigenvalue weighted by Crippen LogP contribution is -2.63. The van der Waals surface area contributed by atoms with Gasteiger partial charge in [-0.3, -0.25) is 19.5 Å². The predicted molar refractivity (Wildman–Crippen MR) is 120 cm³/mol. The maximum absolute atomic E-state index is 13.4. The Labute approximate surface area is 183 Å². The van der Waals surface area contributed by atoms with E-state index in [1.54, 1.807) is 11.9 Å². The van der Waals surface area contributed by atoms with Crippen LogP contribution in [0.4, 0.5) is 4.79 Å². The summed E-state index contributed by atoms with van der Waals surface area (Å²) in [6.07, 6.45) is 11.0. The zero-order valence-corrected chi connectivity index (χ0v) is 18.1. The van der Waals surface area contributed by atoms with Crippen LogP contribution in [0.1, 0.15) is 44.1 Å². The van der Waals surface area contributed by atoms with Gasteiger partial charge >= 0.3 is 12.0 Å². The van der Waals surface area contributed by atoms with Crippen molar-refractivity contribution in [2.75, 3.05) is 26.7 Å². The first kappa shape index (κ1) is 20.0. The maximum Gasteiger partial charge on any atom is 0.392 e. The van der Waals surface area contributed by atoms with Crippen LogP contribution < -0.4 is 0 Å². The molecule has 4 aliphatic rings. The summed E-state index contributed by atoms with van der Waals surface area (Å²) in [4.78, 5) is 36.6. The molecule has 2 fully saturated rings. The van der Waals surface area contributed by atoms with E-state index in [0.29, 0.717) is 11.9 Å². The summed E-state index contributed by atoms with van der Waals surface area (Å²) in [5, 5.41) is 0. The van der Waals surface area contributed by atoms with Crippen LogP contribution in [-0.4, -0.2) is 81.8 Å². The van der Waals surface area contributed by atoms with Gasteiger partial charge in [0.25, 0.3) is 5.91 Å². The number of guanidine groups is 1. The number of urea groups is 1. The summed E-state index contributed by atoms with van der Waals surface area (Å²) >= 11 is 0. The Morgan fingerprint density at radius 1 is 1.10 bits per heavy atom. The summed E-state index contributed by atoms with van der Waals surface area (Å²) in [6, 6.07) is 9.61. The van der Waals surface area contributed by atoms with Crippen LogP contribution in [0.5, 0.6) is 0 Å². The molecule has 0 aromatic heterocycles. The first-order valence-electron chi connectivity index (χ1n) is 11.4. The third-order valence-electron chi connectivity index (χ3n) is 6.86. The number of likely N-dealkylation sites (N-methyl/N-ethyl adjacent to an activating group) is 1. The first-order chi connectivity index (χ1) is 15.1. The van der Waals surface area contributed by atoms with Gasteiger partial charge in [0.1, 0.15) is 0 Å². The fourth-order valence-corrected chi connectivity index (χ4v) is 5.24. The van der Waals surface area contributed by atoms with E-state index in [9.17, 15) is 9.59 Å². The van der Waals surface area contributed by atoms with Crippen molar-refractivity contribution < 1.29 is 14.2 Å². The van der Waals surface area contributed by atoms with Crippen molar-refractivity contribution in [1.29, 1.82) is 0 Å². The average Bonchev–Trinajstić information content (AvgIpc) is 3.21. The van der Waals surface area contributed by atoms with Crippen LogP contribution in [0.15, 0.2) is 41.4 Å². The number of rotatable bonds is 4. The molecule has 31 heavy (non-hydrogen) atoms. The Kier molecular flexibility index (Phi) is 5.34. The Hall–Kier alpha value is -2.96. The van der Waals surface area contributed by atoms with Crippen LogP contribution in [0.2, 0.25) is 0 Å². The van der Waals surface area contributed by atoms with Crippen molar-refractivity contribution in [3.05, 3.63) is 42.0 Å². The SMILES string of the molecule is CN1C(=O)N(C/C=C/c2ccccc2)C(=O)C2C1=NC1=[N+]2CCCN1C1CCCCC1. The highest BCUT2D eigenvalue weighted by Crippen LogP contribution is 2.28. The average molecular weight is 421 g/mol. The number of carbonyl (C=O) groups is 2. The third-order valence-corrected chi connectivity index (χ3v) is 6.86. The molecule has 1 saturated heterocycles. The number of aliphatic imine (C=N–C) groups is 1. The van der Waals surface area contributed by atoms with Crippen LogP contribution in [0.3, 0.4) is 0 Å². The van der Waals surface area contributed by atoms with Gasteiger partial charge in [0.05, 0.1) is 19.1 Å². The molecule has 7 heteroatoms. The predicted octanol–water partition coefficient (Wildman–Crippen LogP) is 2.78. The highest BCUT2D eigenvalue weighted by molar-refractivity contribution is 6.23. The number of benzene rings is 1. The minimum absolute atomic E-state index is 0.167. The second-order valence-electron chi connectivity index (χ2n) is 8.81. The van der Waals surface area contributed by atoms with E-state index < -0.39 is 6.04 Å². The van der Waals surface area contributed by atoms with Gasteiger partial charge in [-0.25, -0.2) is 9.37 Å². The molecule has 1 aromatic carbocycles. The number of amidine groups is 1. The quantitative estimate of drug-likeness (QED) is 0.704. The van der Waals surface area contributed by atoms with Crippen molar-refractivity contribution in [2.45, 2.75) is 50.6 Å². The largest absolute Gasteiger partial charge is 0.392 e. The van der Waals surface area contributed by atoms with E-state index in [0.717, 1.165) is 31.0 Å². The molecule has 1 atom stereocenters. The van der Waals surface area contributed by atoms with E-state index in [-0.39, 0.29) is 18.5 Å². The van der Waals surface area contributed by atoms with Crippen molar-refractivity contribution in [2.24, 2.45) is 4.99 Å². The van der Waals surface area contributed by atoms with Crippen molar-refractivity contribution in [3.8, 4) is 0 Å². The summed E-state index contributed by atoms with van der Waals surface area (Å²) in [5.41, 5.74) is 1.05. The second-order valence-corrected chi connectivity index (χ2v) is 8.81. The van der Waals surface area contributed by atoms with E-state index in [1.807, 2.05) is 42.5 Å². The van der Waals surface area contributed by atoms with Crippen molar-refractivity contribution in [1.82, 2.24) is 14.7 Å². The number of hydrogen-bond acceptors (Lipinski definition) is 4. The molecule has 0 spiro atoms. The summed E-state index contributed by atoms with van der Waals surface area (Å²) in [7, 11) is 1.73. The minimum Gasteiger partial charge on any atom is -0.270 e. The lowest BCUT2D eigenvalue weighted by atomic mass is 9.94. The van der Waals surface area contributed by atoms with Crippen LogP contribution in [-0.2, 0) is 4.79 Å². The Bertz CT molecular complexity index is 961. The van der Waals surface area contributed by atoms with Gasteiger partial charge in [0.2, 0.25) is 11.9 Å². The zero-order chi connectivity index (χ0) is 21.4. The molecule has 1 aromatic rings. The van der Waals surface area contributed by atoms with Crippen molar-refractivity contribution >= 4 is 29.8 Å². The molecule has 162 valence electrons. The molecule has 7 nitrogen and oxygen atoms in total. The highest BCUT2D eigenvalue weighted by Gasteiger charge is 2.54. The monoisotopic (exact) mass is 420 g/mol. The lowest BCUT2D eigenvalue weighted by molar-refractivity contribution is -0.545. The smallest absolute Gasteiger partial charge is 0.270 e. The molecule has 1 saturated carbocycles. The molecule has 1 unspecified atom stereocenters. The van der Waals surface area contributed by atoms with Gasteiger partial charge in [0.15, 0.2) is 0 Å². The summed E-state index contributed by atoms with van der Waals surface area (Å²) < 4.78 is 2.13. The van der Waals surface area contributed by atoms with Gasteiger partial charge in [-0.2, -0.15) is 0 Å². The molecular formula is C24H30N5O2+. The highest BCUT2D eigenvalue weighted by atomic mass is 16.2. The number of imide groups is 1. The molecule has 3 aliphatic heterocycles. The molecule has 3 heterocycles. The van der Waals surface area contributed by atoms with E-state index >= 15 is 0 Å². The molecule has 0 radical (unpaired) electrons. The summed E-state index contributed by atoms with van der Waals surface area (Å²) in [5.74, 6) is 1.31. The Balaban J connectivity index is 1.39. The molecule has 0 bridgehead atoms. The molecule has 1 aliphatic carbocycles. The number of fused-ring (bicyclic) bond motifs is 2. The van der Waals surface area contributed by atoms with Crippen LogP contribution in [0, 0.1) is 0 Å². The van der Waals surface area contributed by atoms with Crippen LogP contribution in [0.25, 0.3) is 6.08 Å². The van der Waals surface area contributed by atoms with E-state index in [1.165, 1.54) is 37.0 Å². The lowest BCUT2D eigenvalue weighted by Gasteiger charge is -2.35. The molecule has 3 amide bonds. The number of amides is 3. The molecule has 0 N–H and O–H groups in total. The van der Waals surface area contributed by atoms with Crippen LogP contribution >= 0.6 is 0 Å². The fourth-order valence-electron chi connectivity index (χ4n) is 5.24. The third kappa shape index (κ3) is 3.56. The standard InChI is InChI=1S/C24H30N5O2/c1-26-21-20(22(30)29(24(26)31)15-8-12-18-10-4-2-5-11-18)28-17-9-16-27(23(28)25-21)19-13-6-3-7-14-19/h2,4-5,8,10-12,19-20H,3,6-7,9,13-17H2,1H3/q+1/b12-8+. The van der Waals surface area contributed by atoms with Gasteiger partial charge in [-0.15, -0.1) is 0 Å². The topological polar surface area (TPSA) is 59.2 Å². The second kappa shape index (κ2) is 8.29. The minimum atomic E-state index is -0.491. The van der Waals surface area contributed by atoms with E-state index in [2.05, 4.69) is 9.48 Å². The first-order valence-corrected chi connectivity index (χ1v) is 11.4. The van der Waals surface area contributed by atoms with Gasteiger partial charge in [-0.1, -0.05) is 66.7 Å². The normalized spacial score (nSPS) is 24.7.